The fourth-order valence-electron chi connectivity index (χ4n) is 1.90. The van der Waals surface area contributed by atoms with E-state index in [0.29, 0.717) is 12.0 Å². The molecule has 0 saturated heterocycles. The SMILES string of the molecule is CC(C)CCC(C)Nc1nnnn1-c1ccccc1. The standard InChI is InChI=1S/C14H21N5/c1-11(2)9-10-12(3)15-14-16-17-18-19(14)13-7-5-4-6-8-13/h4-8,11-12H,9-10H2,1-3H3,(H,15,16,18). The normalized spacial score (nSPS) is 12.6. The van der Waals surface area contributed by atoms with Crippen LogP contribution in [0.4, 0.5) is 5.95 Å². The zero-order valence-corrected chi connectivity index (χ0v) is 11.7. The number of anilines is 1. The second kappa shape index (κ2) is 6.31. The first-order valence-corrected chi connectivity index (χ1v) is 6.77. The second-order valence-electron chi connectivity index (χ2n) is 5.27. The Bertz CT molecular complexity index is 492. The van der Waals surface area contributed by atoms with Crippen molar-refractivity contribution in [3.05, 3.63) is 30.3 Å². The van der Waals surface area contributed by atoms with Crippen LogP contribution in [0.25, 0.3) is 5.69 Å². The van der Waals surface area contributed by atoms with Gasteiger partial charge in [-0.3, -0.25) is 0 Å². The van der Waals surface area contributed by atoms with Crippen LogP contribution in [-0.4, -0.2) is 26.2 Å². The number of rotatable bonds is 6. The molecule has 1 heterocycles. The molecule has 2 aromatic rings. The molecule has 0 aliphatic carbocycles. The number of nitrogens with zero attached hydrogens (tertiary/aromatic N) is 4. The van der Waals surface area contributed by atoms with Gasteiger partial charge in [-0.15, -0.1) is 0 Å². The Morgan fingerprint density at radius 3 is 2.53 bits per heavy atom. The molecule has 0 bridgehead atoms. The highest BCUT2D eigenvalue weighted by Crippen LogP contribution is 2.14. The summed E-state index contributed by atoms with van der Waals surface area (Å²) < 4.78 is 1.73. The van der Waals surface area contributed by atoms with E-state index in [1.54, 1.807) is 4.68 Å². The van der Waals surface area contributed by atoms with Crippen molar-refractivity contribution in [2.45, 2.75) is 39.7 Å². The Balaban J connectivity index is 2.04. The van der Waals surface area contributed by atoms with E-state index in [2.05, 4.69) is 41.6 Å². The van der Waals surface area contributed by atoms with E-state index in [1.165, 1.54) is 6.42 Å². The van der Waals surface area contributed by atoms with Crippen molar-refractivity contribution in [2.75, 3.05) is 5.32 Å². The summed E-state index contributed by atoms with van der Waals surface area (Å²) in [4.78, 5) is 0. The Kier molecular flexibility index (Phi) is 4.49. The van der Waals surface area contributed by atoms with E-state index in [9.17, 15) is 0 Å². The number of tetrazole rings is 1. The highest BCUT2D eigenvalue weighted by Gasteiger charge is 2.11. The van der Waals surface area contributed by atoms with Gasteiger partial charge in [0.05, 0.1) is 5.69 Å². The lowest BCUT2D eigenvalue weighted by Gasteiger charge is -2.15. The van der Waals surface area contributed by atoms with Gasteiger partial charge in [0.2, 0.25) is 5.95 Å². The van der Waals surface area contributed by atoms with E-state index < -0.39 is 0 Å². The first-order valence-electron chi connectivity index (χ1n) is 6.77. The summed E-state index contributed by atoms with van der Waals surface area (Å²) in [7, 11) is 0. The van der Waals surface area contributed by atoms with Crippen molar-refractivity contribution in [3.63, 3.8) is 0 Å². The van der Waals surface area contributed by atoms with Gasteiger partial charge < -0.3 is 5.32 Å². The number of aromatic nitrogens is 4. The third-order valence-electron chi connectivity index (χ3n) is 3.02. The molecule has 1 aromatic heterocycles. The summed E-state index contributed by atoms with van der Waals surface area (Å²) in [6, 6.07) is 10.3. The monoisotopic (exact) mass is 259 g/mol. The molecule has 5 nitrogen and oxygen atoms in total. The molecule has 1 atom stereocenters. The van der Waals surface area contributed by atoms with Crippen molar-refractivity contribution in [3.8, 4) is 5.69 Å². The van der Waals surface area contributed by atoms with Gasteiger partial charge in [0, 0.05) is 6.04 Å². The summed E-state index contributed by atoms with van der Waals surface area (Å²) in [5, 5.41) is 15.2. The lowest BCUT2D eigenvalue weighted by Crippen LogP contribution is -2.19. The Hall–Kier alpha value is -1.91. The van der Waals surface area contributed by atoms with E-state index in [1.807, 2.05) is 30.3 Å². The molecule has 1 N–H and O–H groups in total. The molecule has 5 heteroatoms. The summed E-state index contributed by atoms with van der Waals surface area (Å²) in [6.45, 7) is 6.63. The molecular weight excluding hydrogens is 238 g/mol. The molecule has 1 aromatic carbocycles. The molecule has 0 amide bonds. The van der Waals surface area contributed by atoms with E-state index >= 15 is 0 Å². The smallest absolute Gasteiger partial charge is 0.247 e. The third kappa shape index (κ3) is 3.77. The largest absolute Gasteiger partial charge is 0.350 e. The lowest BCUT2D eigenvalue weighted by atomic mass is 10.0. The fraction of sp³-hybridized carbons (Fsp3) is 0.500. The van der Waals surface area contributed by atoms with Crippen LogP contribution >= 0.6 is 0 Å². The van der Waals surface area contributed by atoms with Gasteiger partial charge in [0.1, 0.15) is 0 Å². The molecule has 1 unspecified atom stereocenters. The lowest BCUT2D eigenvalue weighted by molar-refractivity contribution is 0.525. The number of nitrogens with one attached hydrogen (secondary N) is 1. The molecule has 0 spiro atoms. The van der Waals surface area contributed by atoms with Gasteiger partial charge in [0.25, 0.3) is 0 Å². The van der Waals surface area contributed by atoms with Crippen molar-refractivity contribution in [1.82, 2.24) is 20.2 Å². The van der Waals surface area contributed by atoms with Crippen LogP contribution in [0.3, 0.4) is 0 Å². The predicted molar refractivity (Wildman–Crippen MR) is 76.3 cm³/mol. The number of para-hydroxylation sites is 1. The molecule has 0 fully saturated rings. The van der Waals surface area contributed by atoms with Gasteiger partial charge in [-0.25, -0.2) is 0 Å². The minimum atomic E-state index is 0.357. The molecule has 0 radical (unpaired) electrons. The molecule has 19 heavy (non-hydrogen) atoms. The quantitative estimate of drug-likeness (QED) is 0.866. The van der Waals surface area contributed by atoms with E-state index in [0.717, 1.165) is 18.0 Å². The third-order valence-corrected chi connectivity index (χ3v) is 3.02. The number of benzene rings is 1. The Morgan fingerprint density at radius 1 is 1.11 bits per heavy atom. The summed E-state index contributed by atoms with van der Waals surface area (Å²) in [6.07, 6.45) is 2.31. The maximum absolute atomic E-state index is 4.05. The first kappa shape index (κ1) is 13.5. The molecule has 0 saturated carbocycles. The van der Waals surface area contributed by atoms with Gasteiger partial charge in [0.15, 0.2) is 0 Å². The van der Waals surface area contributed by atoms with Crippen LogP contribution < -0.4 is 5.32 Å². The van der Waals surface area contributed by atoms with Gasteiger partial charge >= 0.3 is 0 Å². The van der Waals surface area contributed by atoms with Crippen LogP contribution in [0.1, 0.15) is 33.6 Å². The van der Waals surface area contributed by atoms with Crippen molar-refractivity contribution in [1.29, 1.82) is 0 Å². The van der Waals surface area contributed by atoms with Crippen molar-refractivity contribution < 1.29 is 0 Å². The average Bonchev–Trinajstić information content (AvgIpc) is 2.85. The Labute approximate surface area is 114 Å². The highest BCUT2D eigenvalue weighted by atomic mass is 15.6. The minimum Gasteiger partial charge on any atom is -0.350 e. The van der Waals surface area contributed by atoms with Crippen LogP contribution in [0.15, 0.2) is 30.3 Å². The molecule has 0 aliphatic heterocycles. The van der Waals surface area contributed by atoms with Gasteiger partial charge in [-0.1, -0.05) is 37.1 Å². The van der Waals surface area contributed by atoms with Gasteiger partial charge in [-0.2, -0.15) is 4.68 Å². The maximum atomic E-state index is 4.05. The zero-order chi connectivity index (χ0) is 13.7. The van der Waals surface area contributed by atoms with Crippen LogP contribution in [0.2, 0.25) is 0 Å². The summed E-state index contributed by atoms with van der Waals surface area (Å²) >= 11 is 0. The molecule has 102 valence electrons. The summed E-state index contributed by atoms with van der Waals surface area (Å²) in [5.74, 6) is 1.41. The topological polar surface area (TPSA) is 55.6 Å². The van der Waals surface area contributed by atoms with Crippen molar-refractivity contribution >= 4 is 5.95 Å². The van der Waals surface area contributed by atoms with Crippen LogP contribution in [-0.2, 0) is 0 Å². The molecular formula is C14H21N5. The fourth-order valence-corrected chi connectivity index (χ4v) is 1.90. The van der Waals surface area contributed by atoms with Crippen molar-refractivity contribution in [2.24, 2.45) is 5.92 Å². The number of hydrogen-bond acceptors (Lipinski definition) is 4. The molecule has 2 rings (SSSR count). The van der Waals surface area contributed by atoms with Crippen LogP contribution in [0.5, 0.6) is 0 Å². The highest BCUT2D eigenvalue weighted by molar-refractivity contribution is 5.38. The summed E-state index contributed by atoms with van der Waals surface area (Å²) in [5.41, 5.74) is 0.964. The average molecular weight is 259 g/mol. The van der Waals surface area contributed by atoms with Gasteiger partial charge in [-0.05, 0) is 48.2 Å². The maximum Gasteiger partial charge on any atom is 0.247 e. The second-order valence-corrected chi connectivity index (χ2v) is 5.27. The van der Waals surface area contributed by atoms with E-state index in [4.69, 9.17) is 0 Å². The Morgan fingerprint density at radius 2 is 1.84 bits per heavy atom. The van der Waals surface area contributed by atoms with Crippen LogP contribution in [0, 0.1) is 5.92 Å². The number of hydrogen-bond donors (Lipinski definition) is 1. The predicted octanol–water partition coefficient (Wildman–Crippen LogP) is 2.90. The molecule has 0 aliphatic rings. The first-order chi connectivity index (χ1) is 9.16. The minimum absolute atomic E-state index is 0.357. The zero-order valence-electron chi connectivity index (χ0n) is 11.7. The van der Waals surface area contributed by atoms with E-state index in [-0.39, 0.29) is 0 Å².